The molecule has 17 heavy (non-hydrogen) atoms. The molecule has 0 bridgehead atoms. The Morgan fingerprint density at radius 3 is 2.59 bits per heavy atom. The molecule has 0 radical (unpaired) electrons. The standard InChI is InChI=1S/C15H25NS/c1-5-16-14(15(2,3)4)13-10-11-8-6-7-9-12(11)17-13/h10,14,16H,5-9H2,1-4H3. The van der Waals surface area contributed by atoms with Gasteiger partial charge in [0.2, 0.25) is 0 Å². The Morgan fingerprint density at radius 1 is 1.29 bits per heavy atom. The fourth-order valence-electron chi connectivity index (χ4n) is 2.69. The van der Waals surface area contributed by atoms with Crippen molar-refractivity contribution < 1.29 is 0 Å². The van der Waals surface area contributed by atoms with Gasteiger partial charge in [0.15, 0.2) is 0 Å². The van der Waals surface area contributed by atoms with Gasteiger partial charge in [0.25, 0.3) is 0 Å². The van der Waals surface area contributed by atoms with Gasteiger partial charge in [0, 0.05) is 15.8 Å². The number of aryl methyl sites for hydroxylation is 2. The van der Waals surface area contributed by atoms with Gasteiger partial charge in [0.05, 0.1) is 0 Å². The minimum absolute atomic E-state index is 0.295. The third-order valence-electron chi connectivity index (χ3n) is 3.57. The van der Waals surface area contributed by atoms with Crippen LogP contribution < -0.4 is 5.32 Å². The van der Waals surface area contributed by atoms with Gasteiger partial charge in [-0.25, -0.2) is 0 Å². The summed E-state index contributed by atoms with van der Waals surface area (Å²) in [5.41, 5.74) is 1.92. The van der Waals surface area contributed by atoms with E-state index in [-0.39, 0.29) is 0 Å². The number of nitrogens with one attached hydrogen (secondary N) is 1. The molecule has 1 aliphatic rings. The molecule has 2 heteroatoms. The van der Waals surface area contributed by atoms with E-state index in [1.807, 2.05) is 11.3 Å². The first-order valence-corrected chi connectivity index (χ1v) is 7.69. The molecule has 1 unspecified atom stereocenters. The van der Waals surface area contributed by atoms with Crippen molar-refractivity contribution in [3.8, 4) is 0 Å². The van der Waals surface area contributed by atoms with E-state index in [0.717, 1.165) is 6.54 Å². The summed E-state index contributed by atoms with van der Waals surface area (Å²) in [6.07, 6.45) is 5.37. The van der Waals surface area contributed by atoms with Gasteiger partial charge in [-0.3, -0.25) is 0 Å². The normalized spacial score (nSPS) is 17.9. The van der Waals surface area contributed by atoms with Gasteiger partial charge >= 0.3 is 0 Å². The molecule has 1 atom stereocenters. The molecule has 0 aliphatic heterocycles. The van der Waals surface area contributed by atoms with Gasteiger partial charge in [-0.2, -0.15) is 0 Å². The van der Waals surface area contributed by atoms with Crippen LogP contribution in [0, 0.1) is 5.41 Å². The molecule has 0 saturated carbocycles. The van der Waals surface area contributed by atoms with E-state index >= 15 is 0 Å². The van der Waals surface area contributed by atoms with Crippen LogP contribution in [-0.2, 0) is 12.8 Å². The molecule has 0 spiro atoms. The first-order chi connectivity index (χ1) is 8.02. The SMILES string of the molecule is CCNC(c1cc2c(s1)CCCC2)C(C)(C)C. The van der Waals surface area contributed by atoms with E-state index in [4.69, 9.17) is 0 Å². The van der Waals surface area contributed by atoms with Gasteiger partial charge in [-0.15, -0.1) is 11.3 Å². The zero-order valence-corrected chi connectivity index (χ0v) is 12.4. The summed E-state index contributed by atoms with van der Waals surface area (Å²) >= 11 is 2.05. The second kappa shape index (κ2) is 5.11. The number of thiophene rings is 1. The lowest BCUT2D eigenvalue weighted by atomic mass is 9.85. The quantitative estimate of drug-likeness (QED) is 0.843. The van der Waals surface area contributed by atoms with E-state index in [1.165, 1.54) is 25.7 Å². The van der Waals surface area contributed by atoms with Gasteiger partial charge < -0.3 is 5.32 Å². The van der Waals surface area contributed by atoms with Crippen molar-refractivity contribution in [1.82, 2.24) is 5.32 Å². The van der Waals surface area contributed by atoms with E-state index in [0.29, 0.717) is 11.5 Å². The predicted molar refractivity (Wildman–Crippen MR) is 76.8 cm³/mol. The molecule has 1 aromatic rings. The summed E-state index contributed by atoms with van der Waals surface area (Å²) in [5, 5.41) is 3.66. The first kappa shape index (κ1) is 13.1. The van der Waals surface area contributed by atoms with E-state index in [2.05, 4.69) is 39.1 Å². The van der Waals surface area contributed by atoms with Crippen molar-refractivity contribution in [3.05, 3.63) is 21.4 Å². The highest BCUT2D eigenvalue weighted by Gasteiger charge is 2.28. The minimum atomic E-state index is 0.295. The van der Waals surface area contributed by atoms with Crippen LogP contribution in [0.25, 0.3) is 0 Å². The maximum absolute atomic E-state index is 3.66. The summed E-state index contributed by atoms with van der Waals surface area (Å²) in [5.74, 6) is 0. The molecular formula is C15H25NS. The monoisotopic (exact) mass is 251 g/mol. The number of hydrogen-bond donors (Lipinski definition) is 1. The van der Waals surface area contributed by atoms with Crippen molar-refractivity contribution in [2.24, 2.45) is 5.41 Å². The Bertz CT molecular complexity index is 349. The fourth-order valence-corrected chi connectivity index (χ4v) is 4.27. The van der Waals surface area contributed by atoms with Crippen molar-refractivity contribution in [2.45, 2.75) is 59.4 Å². The molecule has 1 aliphatic carbocycles. The molecule has 0 fully saturated rings. The molecule has 2 rings (SSSR count). The molecule has 0 aromatic carbocycles. The molecule has 1 aromatic heterocycles. The third kappa shape index (κ3) is 2.92. The largest absolute Gasteiger partial charge is 0.309 e. The summed E-state index contributed by atoms with van der Waals surface area (Å²) in [6, 6.07) is 2.97. The zero-order valence-electron chi connectivity index (χ0n) is 11.6. The predicted octanol–water partition coefficient (Wildman–Crippen LogP) is 4.32. The number of hydrogen-bond acceptors (Lipinski definition) is 2. The lowest BCUT2D eigenvalue weighted by molar-refractivity contribution is 0.280. The minimum Gasteiger partial charge on any atom is -0.309 e. The third-order valence-corrected chi connectivity index (χ3v) is 4.88. The van der Waals surface area contributed by atoms with Crippen molar-refractivity contribution in [1.29, 1.82) is 0 Å². The number of rotatable bonds is 3. The Hall–Kier alpha value is -0.340. The molecule has 96 valence electrons. The molecular weight excluding hydrogens is 226 g/mol. The van der Waals surface area contributed by atoms with Crippen LogP contribution in [0.5, 0.6) is 0 Å². The van der Waals surface area contributed by atoms with Crippen LogP contribution in [0.4, 0.5) is 0 Å². The topological polar surface area (TPSA) is 12.0 Å². The van der Waals surface area contributed by atoms with Crippen molar-refractivity contribution in [3.63, 3.8) is 0 Å². The van der Waals surface area contributed by atoms with Crippen LogP contribution in [0.2, 0.25) is 0 Å². The summed E-state index contributed by atoms with van der Waals surface area (Å²) < 4.78 is 0. The van der Waals surface area contributed by atoms with E-state index in [9.17, 15) is 0 Å². The highest BCUT2D eigenvalue weighted by molar-refractivity contribution is 7.12. The van der Waals surface area contributed by atoms with Crippen LogP contribution in [-0.4, -0.2) is 6.54 Å². The second-order valence-corrected chi connectivity index (χ2v) is 7.33. The molecule has 0 saturated heterocycles. The fraction of sp³-hybridized carbons (Fsp3) is 0.733. The maximum Gasteiger partial charge on any atom is 0.0464 e. The van der Waals surface area contributed by atoms with Crippen molar-refractivity contribution >= 4 is 11.3 Å². The van der Waals surface area contributed by atoms with E-state index < -0.39 is 0 Å². The molecule has 1 nitrogen and oxygen atoms in total. The summed E-state index contributed by atoms with van der Waals surface area (Å²) in [4.78, 5) is 3.20. The van der Waals surface area contributed by atoms with Gasteiger partial charge in [-0.05, 0) is 49.3 Å². The lowest BCUT2D eigenvalue weighted by Gasteiger charge is -2.30. The molecule has 1 heterocycles. The first-order valence-electron chi connectivity index (χ1n) is 6.87. The summed E-state index contributed by atoms with van der Waals surface area (Å²) in [6.45, 7) is 10.2. The highest BCUT2D eigenvalue weighted by atomic mass is 32.1. The van der Waals surface area contributed by atoms with Crippen LogP contribution in [0.15, 0.2) is 6.07 Å². The van der Waals surface area contributed by atoms with E-state index in [1.54, 1.807) is 15.3 Å². The van der Waals surface area contributed by atoms with Gasteiger partial charge in [-0.1, -0.05) is 27.7 Å². The Morgan fingerprint density at radius 2 is 2.00 bits per heavy atom. The maximum atomic E-state index is 3.66. The van der Waals surface area contributed by atoms with Crippen LogP contribution in [0.1, 0.15) is 61.9 Å². The lowest BCUT2D eigenvalue weighted by Crippen LogP contribution is -2.31. The summed E-state index contributed by atoms with van der Waals surface area (Å²) in [7, 11) is 0. The smallest absolute Gasteiger partial charge is 0.0464 e. The average Bonchev–Trinajstić information content (AvgIpc) is 2.67. The Labute approximate surface area is 110 Å². The second-order valence-electron chi connectivity index (χ2n) is 6.16. The zero-order chi connectivity index (χ0) is 12.5. The molecule has 0 amide bonds. The van der Waals surface area contributed by atoms with Gasteiger partial charge in [0.1, 0.15) is 0 Å². The average molecular weight is 251 g/mol. The number of fused-ring (bicyclic) bond motifs is 1. The van der Waals surface area contributed by atoms with Crippen LogP contribution in [0.3, 0.4) is 0 Å². The Balaban J connectivity index is 2.27. The van der Waals surface area contributed by atoms with Crippen LogP contribution >= 0.6 is 11.3 Å². The van der Waals surface area contributed by atoms with Crippen molar-refractivity contribution in [2.75, 3.05) is 6.54 Å². The molecule has 1 N–H and O–H groups in total. The Kier molecular flexibility index (Phi) is 3.94. The highest BCUT2D eigenvalue weighted by Crippen LogP contribution is 2.39.